The molecule has 2 amide bonds. The number of nitrogens with zero attached hydrogens (tertiary/aromatic N) is 1. The first-order chi connectivity index (χ1) is 11.6. The third-order valence-electron chi connectivity index (χ3n) is 3.69. The van der Waals surface area contributed by atoms with Crippen molar-refractivity contribution in [1.29, 1.82) is 0 Å². The summed E-state index contributed by atoms with van der Waals surface area (Å²) in [5.74, 6) is 1.49. The molecule has 0 saturated carbocycles. The molecule has 0 saturated heterocycles. The van der Waals surface area contributed by atoms with E-state index in [4.69, 9.17) is 9.47 Å². The standard InChI is InChI=1S/C17H21N3O3S/c1-11-10-24-16(19-11)9-18-17(21)20-12(2)13-4-5-14-15(8-13)23-7-3-6-22-14/h4-5,8,10,12H,3,6-7,9H2,1-2H3,(H2,18,20,21). The van der Waals surface area contributed by atoms with Gasteiger partial charge in [0, 0.05) is 17.5 Å². The van der Waals surface area contributed by atoms with E-state index in [0.29, 0.717) is 19.8 Å². The number of benzene rings is 1. The maximum atomic E-state index is 12.0. The van der Waals surface area contributed by atoms with Gasteiger partial charge in [-0.25, -0.2) is 9.78 Å². The van der Waals surface area contributed by atoms with Crippen LogP contribution in [-0.4, -0.2) is 24.2 Å². The van der Waals surface area contributed by atoms with Crippen molar-refractivity contribution in [3.05, 3.63) is 39.8 Å². The van der Waals surface area contributed by atoms with Crippen LogP contribution in [0.5, 0.6) is 11.5 Å². The fourth-order valence-electron chi connectivity index (χ4n) is 2.42. The predicted octanol–water partition coefficient (Wildman–Crippen LogP) is 3.17. The van der Waals surface area contributed by atoms with Gasteiger partial charge in [-0.05, 0) is 31.5 Å². The summed E-state index contributed by atoms with van der Waals surface area (Å²) in [7, 11) is 0. The van der Waals surface area contributed by atoms with Gasteiger partial charge < -0.3 is 20.1 Å². The molecule has 0 aliphatic carbocycles. The molecule has 24 heavy (non-hydrogen) atoms. The van der Waals surface area contributed by atoms with Crippen LogP contribution in [0.4, 0.5) is 4.79 Å². The zero-order chi connectivity index (χ0) is 16.9. The highest BCUT2D eigenvalue weighted by Crippen LogP contribution is 2.32. The normalized spacial score (nSPS) is 14.6. The summed E-state index contributed by atoms with van der Waals surface area (Å²) in [6.45, 7) is 5.61. The van der Waals surface area contributed by atoms with E-state index in [2.05, 4.69) is 15.6 Å². The van der Waals surface area contributed by atoms with Gasteiger partial charge in [-0.1, -0.05) is 6.07 Å². The van der Waals surface area contributed by atoms with Gasteiger partial charge in [-0.2, -0.15) is 0 Å². The Kier molecular flexibility index (Phi) is 5.20. The van der Waals surface area contributed by atoms with Crippen molar-refractivity contribution in [3.8, 4) is 11.5 Å². The SMILES string of the molecule is Cc1csc(CNC(=O)NC(C)c2ccc3c(c2)OCCCO3)n1. The minimum Gasteiger partial charge on any atom is -0.490 e. The molecule has 1 aliphatic heterocycles. The highest BCUT2D eigenvalue weighted by molar-refractivity contribution is 7.09. The molecule has 1 aromatic carbocycles. The molecule has 1 aromatic heterocycles. The first-order valence-corrected chi connectivity index (χ1v) is 8.84. The predicted molar refractivity (Wildman–Crippen MR) is 92.7 cm³/mol. The molecule has 3 rings (SSSR count). The Labute approximate surface area is 145 Å². The van der Waals surface area contributed by atoms with E-state index in [1.54, 1.807) is 11.3 Å². The Morgan fingerprint density at radius 3 is 2.88 bits per heavy atom. The van der Waals surface area contributed by atoms with Crippen LogP contribution >= 0.6 is 11.3 Å². The van der Waals surface area contributed by atoms with E-state index < -0.39 is 0 Å². The fraction of sp³-hybridized carbons (Fsp3) is 0.412. The number of aryl methyl sites for hydroxylation is 1. The number of hydrogen-bond donors (Lipinski definition) is 2. The van der Waals surface area contributed by atoms with Gasteiger partial charge in [0.25, 0.3) is 0 Å². The first kappa shape index (κ1) is 16.6. The summed E-state index contributed by atoms with van der Waals surface area (Å²) in [5, 5.41) is 8.62. The van der Waals surface area contributed by atoms with Crippen LogP contribution in [0, 0.1) is 6.92 Å². The molecule has 0 radical (unpaired) electrons. The van der Waals surface area contributed by atoms with E-state index in [1.165, 1.54) is 0 Å². The van der Waals surface area contributed by atoms with Gasteiger partial charge in [0.05, 0.1) is 25.8 Å². The number of hydrogen-bond acceptors (Lipinski definition) is 5. The summed E-state index contributed by atoms with van der Waals surface area (Å²) >= 11 is 1.54. The van der Waals surface area contributed by atoms with Gasteiger partial charge >= 0.3 is 6.03 Å². The average Bonchev–Trinajstić information content (AvgIpc) is 2.84. The molecule has 128 valence electrons. The van der Waals surface area contributed by atoms with E-state index in [1.807, 2.05) is 37.4 Å². The molecule has 2 N–H and O–H groups in total. The monoisotopic (exact) mass is 347 g/mol. The molecule has 2 heterocycles. The molecule has 7 heteroatoms. The zero-order valence-electron chi connectivity index (χ0n) is 13.8. The number of aromatic nitrogens is 1. The van der Waals surface area contributed by atoms with E-state index >= 15 is 0 Å². The lowest BCUT2D eigenvalue weighted by Crippen LogP contribution is -2.36. The minimum absolute atomic E-state index is 0.139. The van der Waals surface area contributed by atoms with Crippen LogP contribution < -0.4 is 20.1 Å². The molecule has 0 spiro atoms. The van der Waals surface area contributed by atoms with Gasteiger partial charge in [0.15, 0.2) is 11.5 Å². The highest BCUT2D eigenvalue weighted by Gasteiger charge is 2.15. The quantitative estimate of drug-likeness (QED) is 0.891. The van der Waals surface area contributed by atoms with Gasteiger partial charge in [0.1, 0.15) is 5.01 Å². The molecule has 0 fully saturated rings. The lowest BCUT2D eigenvalue weighted by atomic mass is 10.1. The minimum atomic E-state index is -0.220. The Balaban J connectivity index is 1.56. The Morgan fingerprint density at radius 2 is 2.12 bits per heavy atom. The van der Waals surface area contributed by atoms with E-state index in [0.717, 1.165) is 34.2 Å². The van der Waals surface area contributed by atoms with Crippen LogP contribution in [-0.2, 0) is 6.54 Å². The van der Waals surface area contributed by atoms with Crippen molar-refractivity contribution < 1.29 is 14.3 Å². The van der Waals surface area contributed by atoms with Crippen molar-refractivity contribution in [3.63, 3.8) is 0 Å². The number of nitrogens with one attached hydrogen (secondary N) is 2. The summed E-state index contributed by atoms with van der Waals surface area (Å²) in [5.41, 5.74) is 1.94. The van der Waals surface area contributed by atoms with Crippen LogP contribution in [0.1, 0.15) is 35.7 Å². The van der Waals surface area contributed by atoms with Crippen LogP contribution in [0.3, 0.4) is 0 Å². The van der Waals surface area contributed by atoms with Crippen molar-refractivity contribution in [2.24, 2.45) is 0 Å². The maximum absolute atomic E-state index is 12.0. The summed E-state index contributed by atoms with van der Waals surface area (Å²) in [6, 6.07) is 5.41. The first-order valence-electron chi connectivity index (χ1n) is 7.97. The molecule has 0 bridgehead atoms. The number of rotatable bonds is 4. The summed E-state index contributed by atoms with van der Waals surface area (Å²) < 4.78 is 11.3. The zero-order valence-corrected chi connectivity index (χ0v) is 14.6. The van der Waals surface area contributed by atoms with Gasteiger partial charge in [0.2, 0.25) is 0 Å². The van der Waals surface area contributed by atoms with E-state index in [9.17, 15) is 4.79 Å². The van der Waals surface area contributed by atoms with Crippen LogP contribution in [0.25, 0.3) is 0 Å². The highest BCUT2D eigenvalue weighted by atomic mass is 32.1. The molecule has 1 aliphatic rings. The number of fused-ring (bicyclic) bond motifs is 1. The van der Waals surface area contributed by atoms with Crippen molar-refractivity contribution in [2.75, 3.05) is 13.2 Å². The third kappa shape index (κ3) is 4.17. The lowest BCUT2D eigenvalue weighted by Gasteiger charge is -2.16. The molecular formula is C17H21N3O3S. The number of amides is 2. The number of carbonyl (C=O) groups excluding carboxylic acids is 1. The maximum Gasteiger partial charge on any atom is 0.315 e. The topological polar surface area (TPSA) is 72.5 Å². The van der Waals surface area contributed by atoms with Gasteiger partial charge in [-0.15, -0.1) is 11.3 Å². The number of carbonyl (C=O) groups is 1. The van der Waals surface area contributed by atoms with Crippen LogP contribution in [0.15, 0.2) is 23.6 Å². The van der Waals surface area contributed by atoms with Gasteiger partial charge in [-0.3, -0.25) is 0 Å². The van der Waals surface area contributed by atoms with Crippen molar-refractivity contribution in [2.45, 2.75) is 32.9 Å². The lowest BCUT2D eigenvalue weighted by molar-refractivity contribution is 0.237. The van der Waals surface area contributed by atoms with Crippen molar-refractivity contribution >= 4 is 17.4 Å². The van der Waals surface area contributed by atoms with Crippen LogP contribution in [0.2, 0.25) is 0 Å². The summed E-state index contributed by atoms with van der Waals surface area (Å²) in [6.07, 6.45) is 0.871. The average molecular weight is 347 g/mol. The molecule has 2 aromatic rings. The Bertz CT molecular complexity index is 717. The van der Waals surface area contributed by atoms with Crippen molar-refractivity contribution in [1.82, 2.24) is 15.6 Å². The van der Waals surface area contributed by atoms with E-state index in [-0.39, 0.29) is 12.1 Å². The largest absolute Gasteiger partial charge is 0.490 e. The second-order valence-corrected chi connectivity index (χ2v) is 6.63. The number of ether oxygens (including phenoxy) is 2. The Hall–Kier alpha value is -2.28. The fourth-order valence-corrected chi connectivity index (χ4v) is 3.13. The molecule has 1 unspecified atom stereocenters. The Morgan fingerprint density at radius 1 is 1.33 bits per heavy atom. The smallest absolute Gasteiger partial charge is 0.315 e. The number of thiazole rings is 1. The second kappa shape index (κ2) is 7.53. The molecular weight excluding hydrogens is 326 g/mol. The second-order valence-electron chi connectivity index (χ2n) is 5.69. The molecule has 6 nitrogen and oxygen atoms in total. The summed E-state index contributed by atoms with van der Waals surface area (Å²) in [4.78, 5) is 16.4. The number of urea groups is 1. The third-order valence-corrected chi connectivity index (χ3v) is 4.65. The molecule has 1 atom stereocenters.